The van der Waals surface area contributed by atoms with Crippen LogP contribution in [0.3, 0.4) is 0 Å². The number of carbonyl (C=O) groups is 1. The largest absolute Gasteiger partial charge is 0.353 e. The van der Waals surface area contributed by atoms with E-state index in [2.05, 4.69) is 10.1 Å². The first kappa shape index (κ1) is 5.53. The lowest BCUT2D eigenvalue weighted by Gasteiger charge is -2.15. The Bertz CT molecular complexity index is 103. The van der Waals surface area contributed by atoms with Crippen LogP contribution in [0.2, 0.25) is 0 Å². The molecular formula is C4H6NO3. The number of amides is 1. The smallest absolute Gasteiger partial charge is 0.313 e. The molecule has 0 spiro atoms. The van der Waals surface area contributed by atoms with Crippen LogP contribution in [0, 0.1) is 6.29 Å². The predicted molar refractivity (Wildman–Crippen MR) is 24.1 cm³/mol. The third-order valence-electron chi connectivity index (χ3n) is 0.821. The molecule has 1 aliphatic rings. The zero-order valence-corrected chi connectivity index (χ0v) is 4.18. The molecule has 1 saturated heterocycles. The summed E-state index contributed by atoms with van der Waals surface area (Å²) >= 11 is 0. The van der Waals surface area contributed by atoms with Gasteiger partial charge in [-0.1, -0.05) is 0 Å². The first-order valence-electron chi connectivity index (χ1n) is 2.27. The van der Waals surface area contributed by atoms with E-state index in [4.69, 9.17) is 5.11 Å². The van der Waals surface area contributed by atoms with Gasteiger partial charge in [-0.15, -0.1) is 0 Å². The Hall–Kier alpha value is -0.610. The molecule has 0 aromatic rings. The molecule has 4 heteroatoms. The predicted octanol–water partition coefficient (Wildman–Crippen LogP) is -1.01. The van der Waals surface area contributed by atoms with Gasteiger partial charge in [0.2, 0.25) is 0 Å². The monoisotopic (exact) mass is 116 g/mol. The Labute approximate surface area is 46.4 Å². The summed E-state index contributed by atoms with van der Waals surface area (Å²) in [6, 6.07) is 0. The third-order valence-corrected chi connectivity index (χ3v) is 0.821. The minimum absolute atomic E-state index is 0.359. The lowest BCUT2D eigenvalue weighted by molar-refractivity contribution is -0.140. The van der Waals surface area contributed by atoms with Crippen molar-refractivity contribution in [1.82, 2.24) is 5.32 Å². The molecular weight excluding hydrogens is 110 g/mol. The van der Waals surface area contributed by atoms with Crippen LogP contribution in [0.1, 0.15) is 0 Å². The third kappa shape index (κ3) is 0.962. The average Bonchev–Trinajstić information content (AvgIpc) is 1.77. The molecule has 0 aromatic carbocycles. The molecule has 0 saturated carbocycles. The van der Waals surface area contributed by atoms with E-state index in [-0.39, 0.29) is 0 Å². The van der Waals surface area contributed by atoms with E-state index in [0.717, 1.165) is 0 Å². The van der Waals surface area contributed by atoms with E-state index in [9.17, 15) is 4.79 Å². The van der Waals surface area contributed by atoms with Gasteiger partial charge in [-0.05, 0) is 0 Å². The number of ether oxygens (including phenoxy) is 1. The molecule has 1 rings (SSSR count). The highest BCUT2D eigenvalue weighted by Gasteiger charge is 2.20. The Morgan fingerprint density at radius 3 is 2.88 bits per heavy atom. The van der Waals surface area contributed by atoms with Gasteiger partial charge in [0.05, 0.1) is 6.61 Å². The van der Waals surface area contributed by atoms with E-state index < -0.39 is 12.2 Å². The van der Waals surface area contributed by atoms with Crippen LogP contribution in [0.25, 0.3) is 0 Å². The van der Waals surface area contributed by atoms with Crippen molar-refractivity contribution in [2.45, 2.75) is 0 Å². The van der Waals surface area contributed by atoms with Crippen molar-refractivity contribution in [2.75, 3.05) is 13.2 Å². The van der Waals surface area contributed by atoms with Gasteiger partial charge in [-0.3, -0.25) is 4.79 Å². The van der Waals surface area contributed by atoms with Crippen LogP contribution >= 0.6 is 0 Å². The highest BCUT2D eigenvalue weighted by molar-refractivity contribution is 5.86. The van der Waals surface area contributed by atoms with E-state index in [1.54, 1.807) is 0 Å². The van der Waals surface area contributed by atoms with Crippen molar-refractivity contribution in [1.29, 1.82) is 0 Å². The maximum absolute atomic E-state index is 10.3. The second kappa shape index (κ2) is 2.11. The molecule has 1 fully saturated rings. The number of aliphatic hydroxyl groups excluding tert-OH is 1. The van der Waals surface area contributed by atoms with Gasteiger partial charge >= 0.3 is 6.29 Å². The van der Waals surface area contributed by atoms with E-state index in [0.29, 0.717) is 13.2 Å². The molecule has 2 N–H and O–H groups in total. The topological polar surface area (TPSA) is 58.6 Å². The van der Waals surface area contributed by atoms with Crippen molar-refractivity contribution >= 4 is 5.91 Å². The molecule has 1 heterocycles. The summed E-state index contributed by atoms with van der Waals surface area (Å²) in [5.41, 5.74) is 0. The molecule has 1 amide bonds. The van der Waals surface area contributed by atoms with Crippen LogP contribution in [-0.4, -0.2) is 24.2 Å². The molecule has 0 aliphatic carbocycles. The summed E-state index contributed by atoms with van der Waals surface area (Å²) in [6.45, 7) is 0.834. The summed E-state index contributed by atoms with van der Waals surface area (Å²) in [5.74, 6) is -0.531. The van der Waals surface area contributed by atoms with Crippen molar-refractivity contribution in [2.24, 2.45) is 0 Å². The summed E-state index contributed by atoms with van der Waals surface area (Å²) in [4.78, 5) is 10.3. The van der Waals surface area contributed by atoms with Gasteiger partial charge in [-0.2, -0.15) is 0 Å². The van der Waals surface area contributed by atoms with Gasteiger partial charge in [0.25, 0.3) is 5.91 Å². The number of carbonyl (C=O) groups excluding carboxylic acids is 1. The maximum Gasteiger partial charge on any atom is 0.313 e. The zero-order chi connectivity index (χ0) is 5.98. The second-order valence-electron chi connectivity index (χ2n) is 1.41. The fourth-order valence-electron chi connectivity index (χ4n) is 0.453. The first-order chi connectivity index (χ1) is 3.80. The van der Waals surface area contributed by atoms with Crippen LogP contribution in [-0.2, 0) is 9.53 Å². The van der Waals surface area contributed by atoms with Crippen LogP contribution in [0.5, 0.6) is 0 Å². The Morgan fingerprint density at radius 1 is 1.75 bits per heavy atom. The molecule has 0 atom stereocenters. The van der Waals surface area contributed by atoms with Crippen molar-refractivity contribution in [3.63, 3.8) is 0 Å². The normalized spacial score (nSPS) is 22.9. The van der Waals surface area contributed by atoms with Gasteiger partial charge in [0.15, 0.2) is 0 Å². The molecule has 4 nitrogen and oxygen atoms in total. The fraction of sp³-hybridized carbons (Fsp3) is 0.500. The van der Waals surface area contributed by atoms with Crippen molar-refractivity contribution in [3.05, 3.63) is 6.29 Å². The summed E-state index contributed by atoms with van der Waals surface area (Å²) in [7, 11) is 0. The summed E-state index contributed by atoms with van der Waals surface area (Å²) < 4.78 is 4.45. The average molecular weight is 116 g/mol. The highest BCUT2D eigenvalue weighted by Crippen LogP contribution is 1.99. The number of hydrogen-bond acceptors (Lipinski definition) is 3. The lowest BCUT2D eigenvalue weighted by atomic mass is 10.5. The van der Waals surface area contributed by atoms with E-state index >= 15 is 0 Å². The molecule has 0 aromatic heterocycles. The van der Waals surface area contributed by atoms with Gasteiger partial charge in [0.1, 0.15) is 0 Å². The van der Waals surface area contributed by atoms with Crippen LogP contribution in [0.4, 0.5) is 0 Å². The highest BCUT2D eigenvalue weighted by atomic mass is 16.6. The Balaban J connectivity index is 2.39. The second-order valence-corrected chi connectivity index (χ2v) is 1.41. The number of nitrogens with one attached hydrogen (secondary N) is 1. The molecule has 1 aliphatic heterocycles. The standard InChI is InChI=1S/C4H6NO3/c6-3-4(7)8-2-1-5-3/h7H,1-2H2,(H,5,6). The number of hydrogen-bond donors (Lipinski definition) is 2. The zero-order valence-electron chi connectivity index (χ0n) is 4.18. The quantitative estimate of drug-likeness (QED) is 0.426. The van der Waals surface area contributed by atoms with Crippen LogP contribution in [0.15, 0.2) is 0 Å². The summed E-state index contributed by atoms with van der Waals surface area (Å²) in [6.07, 6.45) is -0.531. The van der Waals surface area contributed by atoms with Gasteiger partial charge in [0, 0.05) is 6.54 Å². The number of rotatable bonds is 0. The minimum Gasteiger partial charge on any atom is -0.353 e. The number of morpholine rings is 1. The number of aliphatic hydroxyl groups is 1. The van der Waals surface area contributed by atoms with E-state index in [1.807, 2.05) is 0 Å². The molecule has 1 radical (unpaired) electrons. The van der Waals surface area contributed by atoms with Crippen molar-refractivity contribution < 1.29 is 14.6 Å². The molecule has 0 unspecified atom stereocenters. The van der Waals surface area contributed by atoms with Gasteiger partial charge < -0.3 is 15.2 Å². The fourth-order valence-corrected chi connectivity index (χ4v) is 0.453. The molecule has 8 heavy (non-hydrogen) atoms. The van der Waals surface area contributed by atoms with Crippen molar-refractivity contribution in [3.8, 4) is 0 Å². The Morgan fingerprint density at radius 2 is 2.50 bits per heavy atom. The van der Waals surface area contributed by atoms with Gasteiger partial charge in [-0.25, -0.2) is 0 Å². The first-order valence-corrected chi connectivity index (χ1v) is 2.27. The van der Waals surface area contributed by atoms with Crippen LogP contribution < -0.4 is 5.32 Å². The Kier molecular flexibility index (Phi) is 1.45. The minimum atomic E-state index is -0.531. The SMILES string of the molecule is O=C1NCCO[C]1O. The molecule has 0 bridgehead atoms. The maximum atomic E-state index is 10.3. The lowest BCUT2D eigenvalue weighted by Crippen LogP contribution is -2.39. The van der Waals surface area contributed by atoms with E-state index in [1.165, 1.54) is 0 Å². The molecule has 45 valence electrons. The summed E-state index contributed by atoms with van der Waals surface area (Å²) in [5, 5.41) is 10.8.